The zero-order chi connectivity index (χ0) is 19.5. The van der Waals surface area contributed by atoms with Gasteiger partial charge in [-0.05, 0) is 43.3 Å². The SMILES string of the molecule is C[C@@H](C(=O)N/N=C\c1cn[nH]c1-c1ccc(F)cc1)n1nnc2ccccc21. The minimum absolute atomic E-state index is 0.319. The van der Waals surface area contributed by atoms with E-state index in [0.717, 1.165) is 11.1 Å². The molecule has 9 heteroatoms. The molecule has 8 nitrogen and oxygen atoms in total. The van der Waals surface area contributed by atoms with Crippen LogP contribution in [-0.4, -0.2) is 37.3 Å². The van der Waals surface area contributed by atoms with Crippen molar-refractivity contribution in [3.63, 3.8) is 0 Å². The van der Waals surface area contributed by atoms with Gasteiger partial charge in [0.15, 0.2) is 0 Å². The summed E-state index contributed by atoms with van der Waals surface area (Å²) in [6.45, 7) is 1.72. The second-order valence-corrected chi connectivity index (χ2v) is 6.14. The quantitative estimate of drug-likeness (QED) is 0.412. The highest BCUT2D eigenvalue weighted by Crippen LogP contribution is 2.20. The summed E-state index contributed by atoms with van der Waals surface area (Å²) in [6.07, 6.45) is 3.05. The highest BCUT2D eigenvalue weighted by molar-refractivity contribution is 5.90. The average Bonchev–Trinajstić information content (AvgIpc) is 3.35. The standard InChI is InChI=1S/C19H16FN7O/c1-12(27-17-5-3-2-4-16(17)23-26-27)19(28)25-22-11-14-10-21-24-18(14)13-6-8-15(20)9-7-13/h2-12H,1H3,(H,21,24)(H,25,28)/b22-11-/t12-/m0/s1. The highest BCUT2D eigenvalue weighted by Gasteiger charge is 2.18. The van der Waals surface area contributed by atoms with Crippen LogP contribution in [0.25, 0.3) is 22.3 Å². The zero-order valence-electron chi connectivity index (χ0n) is 14.9. The summed E-state index contributed by atoms with van der Waals surface area (Å²) in [4.78, 5) is 12.4. The van der Waals surface area contributed by atoms with Gasteiger partial charge in [-0.25, -0.2) is 14.5 Å². The van der Waals surface area contributed by atoms with Crippen LogP contribution in [-0.2, 0) is 4.79 Å². The van der Waals surface area contributed by atoms with E-state index < -0.39 is 6.04 Å². The summed E-state index contributed by atoms with van der Waals surface area (Å²) in [5, 5.41) is 18.9. The number of amides is 1. The van der Waals surface area contributed by atoms with Gasteiger partial charge in [-0.3, -0.25) is 9.89 Å². The number of nitrogens with zero attached hydrogens (tertiary/aromatic N) is 5. The third-order valence-corrected chi connectivity index (χ3v) is 4.30. The molecular weight excluding hydrogens is 361 g/mol. The predicted molar refractivity (Wildman–Crippen MR) is 102 cm³/mol. The second kappa shape index (κ2) is 7.39. The Kier molecular flexibility index (Phi) is 4.63. The first-order valence-electron chi connectivity index (χ1n) is 8.55. The predicted octanol–water partition coefficient (Wildman–Crippen LogP) is 2.67. The van der Waals surface area contributed by atoms with E-state index in [-0.39, 0.29) is 11.7 Å². The summed E-state index contributed by atoms with van der Waals surface area (Å²) in [5.41, 5.74) is 6.07. The molecule has 4 rings (SSSR count). The molecule has 2 N–H and O–H groups in total. The molecule has 0 bridgehead atoms. The van der Waals surface area contributed by atoms with Gasteiger partial charge >= 0.3 is 0 Å². The Bertz CT molecular complexity index is 1150. The van der Waals surface area contributed by atoms with Crippen LogP contribution >= 0.6 is 0 Å². The average molecular weight is 377 g/mol. The van der Waals surface area contributed by atoms with Crippen molar-refractivity contribution in [1.82, 2.24) is 30.6 Å². The summed E-state index contributed by atoms with van der Waals surface area (Å²) < 4.78 is 14.6. The fourth-order valence-corrected chi connectivity index (χ4v) is 2.78. The number of aromatic amines is 1. The number of carbonyl (C=O) groups excluding carboxylic acids is 1. The van der Waals surface area contributed by atoms with Crippen LogP contribution in [0.1, 0.15) is 18.5 Å². The number of hydrogen-bond acceptors (Lipinski definition) is 5. The molecule has 0 saturated carbocycles. The summed E-state index contributed by atoms with van der Waals surface area (Å²) >= 11 is 0. The van der Waals surface area contributed by atoms with Crippen LogP contribution in [0.4, 0.5) is 4.39 Å². The van der Waals surface area contributed by atoms with Crippen LogP contribution in [0.3, 0.4) is 0 Å². The number of para-hydroxylation sites is 1. The molecule has 2 aromatic carbocycles. The molecule has 1 atom stereocenters. The molecule has 0 saturated heterocycles. The maximum absolute atomic E-state index is 13.1. The number of fused-ring (bicyclic) bond motifs is 1. The van der Waals surface area contributed by atoms with Crippen LogP contribution in [0, 0.1) is 5.82 Å². The molecule has 0 spiro atoms. The number of nitrogens with one attached hydrogen (secondary N) is 2. The maximum Gasteiger partial charge on any atom is 0.264 e. The fourth-order valence-electron chi connectivity index (χ4n) is 2.78. The van der Waals surface area contributed by atoms with Gasteiger partial charge in [-0.15, -0.1) is 5.10 Å². The molecule has 0 aliphatic carbocycles. The lowest BCUT2D eigenvalue weighted by Gasteiger charge is -2.10. The van der Waals surface area contributed by atoms with E-state index >= 15 is 0 Å². The first-order chi connectivity index (χ1) is 13.6. The lowest BCUT2D eigenvalue weighted by Crippen LogP contribution is -2.28. The van der Waals surface area contributed by atoms with Crippen molar-refractivity contribution in [2.75, 3.05) is 0 Å². The summed E-state index contributed by atoms with van der Waals surface area (Å²) in [5.74, 6) is -0.654. The number of carbonyl (C=O) groups is 1. The van der Waals surface area contributed by atoms with E-state index in [4.69, 9.17) is 0 Å². The fraction of sp³-hybridized carbons (Fsp3) is 0.105. The van der Waals surface area contributed by atoms with E-state index in [9.17, 15) is 9.18 Å². The molecule has 0 aliphatic rings. The molecule has 140 valence electrons. The Hall–Kier alpha value is -3.88. The van der Waals surface area contributed by atoms with Gasteiger partial charge in [0.2, 0.25) is 0 Å². The number of halogens is 1. The number of rotatable bonds is 5. The topological polar surface area (TPSA) is 101 Å². The van der Waals surface area contributed by atoms with E-state index in [1.807, 2.05) is 24.3 Å². The smallest absolute Gasteiger partial charge is 0.264 e. The monoisotopic (exact) mass is 377 g/mol. The van der Waals surface area contributed by atoms with Crippen molar-refractivity contribution >= 4 is 23.2 Å². The first kappa shape index (κ1) is 17.5. The Labute approximate surface area is 159 Å². The molecular formula is C19H16FN7O. The van der Waals surface area contributed by atoms with Crippen molar-refractivity contribution in [2.45, 2.75) is 13.0 Å². The summed E-state index contributed by atoms with van der Waals surface area (Å²) in [7, 11) is 0. The van der Waals surface area contributed by atoms with E-state index in [1.165, 1.54) is 18.3 Å². The molecule has 0 radical (unpaired) electrons. The van der Waals surface area contributed by atoms with Crippen molar-refractivity contribution in [3.8, 4) is 11.3 Å². The van der Waals surface area contributed by atoms with Crippen LogP contribution in [0.5, 0.6) is 0 Å². The van der Waals surface area contributed by atoms with E-state index in [2.05, 4.69) is 31.0 Å². The van der Waals surface area contributed by atoms with Crippen molar-refractivity contribution in [3.05, 3.63) is 66.1 Å². The molecule has 2 aromatic heterocycles. The number of hydrogen-bond donors (Lipinski definition) is 2. The van der Waals surface area contributed by atoms with Crippen LogP contribution in [0.2, 0.25) is 0 Å². The minimum atomic E-state index is -0.592. The van der Waals surface area contributed by atoms with Gasteiger partial charge in [0, 0.05) is 11.1 Å². The van der Waals surface area contributed by atoms with Gasteiger partial charge in [0.1, 0.15) is 17.4 Å². The molecule has 0 fully saturated rings. The zero-order valence-corrected chi connectivity index (χ0v) is 14.9. The Morgan fingerprint density at radius 3 is 2.86 bits per heavy atom. The van der Waals surface area contributed by atoms with Crippen molar-refractivity contribution in [1.29, 1.82) is 0 Å². The summed E-state index contributed by atoms with van der Waals surface area (Å²) in [6, 6.07) is 12.8. The number of H-pyrrole nitrogens is 1. The van der Waals surface area contributed by atoms with Gasteiger partial charge in [-0.2, -0.15) is 10.2 Å². The number of hydrazone groups is 1. The van der Waals surface area contributed by atoms with Gasteiger partial charge < -0.3 is 0 Å². The van der Waals surface area contributed by atoms with Crippen molar-refractivity contribution in [2.24, 2.45) is 5.10 Å². The van der Waals surface area contributed by atoms with Crippen LogP contribution in [0.15, 0.2) is 59.8 Å². The Balaban J connectivity index is 1.47. The largest absolute Gasteiger partial charge is 0.277 e. The third-order valence-electron chi connectivity index (χ3n) is 4.30. The third kappa shape index (κ3) is 3.37. The maximum atomic E-state index is 13.1. The molecule has 1 amide bonds. The van der Waals surface area contributed by atoms with Gasteiger partial charge in [0.05, 0.1) is 23.6 Å². The van der Waals surface area contributed by atoms with Crippen molar-refractivity contribution < 1.29 is 9.18 Å². The Morgan fingerprint density at radius 2 is 2.04 bits per heavy atom. The Morgan fingerprint density at radius 1 is 1.25 bits per heavy atom. The number of benzene rings is 2. The lowest BCUT2D eigenvalue weighted by molar-refractivity contribution is -0.124. The minimum Gasteiger partial charge on any atom is -0.277 e. The van der Waals surface area contributed by atoms with Gasteiger partial charge in [-0.1, -0.05) is 17.3 Å². The molecule has 28 heavy (non-hydrogen) atoms. The molecule has 2 heterocycles. The van der Waals surface area contributed by atoms with E-state index in [1.54, 1.807) is 29.9 Å². The van der Waals surface area contributed by atoms with E-state index in [0.29, 0.717) is 16.8 Å². The molecule has 0 unspecified atom stereocenters. The molecule has 0 aliphatic heterocycles. The highest BCUT2D eigenvalue weighted by atomic mass is 19.1. The normalized spacial score (nSPS) is 12.5. The van der Waals surface area contributed by atoms with Crippen LogP contribution < -0.4 is 5.43 Å². The first-order valence-corrected chi connectivity index (χ1v) is 8.55. The lowest BCUT2D eigenvalue weighted by atomic mass is 10.1. The molecule has 4 aromatic rings. The number of aromatic nitrogens is 5. The second-order valence-electron chi connectivity index (χ2n) is 6.14. The van der Waals surface area contributed by atoms with Gasteiger partial charge in [0.25, 0.3) is 5.91 Å².